The summed E-state index contributed by atoms with van der Waals surface area (Å²) in [5.41, 5.74) is 5.32. The molecule has 0 fully saturated rings. The minimum atomic E-state index is -0.911. The van der Waals surface area contributed by atoms with Crippen molar-refractivity contribution in [3.8, 4) is 11.5 Å². The average Bonchev–Trinajstić information content (AvgIpc) is 3.38. The van der Waals surface area contributed by atoms with Crippen LogP contribution >= 0.6 is 15.8 Å². The Labute approximate surface area is 305 Å². The number of hydrogen-bond acceptors (Lipinski definition) is 2. The zero-order valence-electron chi connectivity index (χ0n) is 35.4. The summed E-state index contributed by atoms with van der Waals surface area (Å²) in [6, 6.07) is 10.0. The first-order valence-electron chi connectivity index (χ1n) is 18.4. The van der Waals surface area contributed by atoms with Crippen molar-refractivity contribution in [3.05, 3.63) is 70.1 Å². The van der Waals surface area contributed by atoms with Gasteiger partial charge in [-0.15, -0.1) is 0 Å². The van der Waals surface area contributed by atoms with E-state index in [2.05, 4.69) is 174 Å². The van der Waals surface area contributed by atoms with Gasteiger partial charge in [0.1, 0.15) is 11.5 Å². The van der Waals surface area contributed by atoms with Crippen molar-refractivity contribution in [3.63, 3.8) is 0 Å². The van der Waals surface area contributed by atoms with Crippen LogP contribution < -0.4 is 20.1 Å². The fourth-order valence-electron chi connectivity index (χ4n) is 8.10. The number of methoxy groups -OCH3 is 2. The number of allylic oxidation sites excluding steroid dienone is 4. The van der Waals surface area contributed by atoms with Crippen LogP contribution in [0.15, 0.2) is 47.8 Å². The quantitative estimate of drug-likeness (QED) is 0.267. The molecule has 274 valence electrons. The maximum Gasteiger partial charge on any atom is 0.126 e. The molecule has 1 aliphatic rings. The number of hydrogen-bond donors (Lipinski definition) is 0. The summed E-state index contributed by atoms with van der Waals surface area (Å²) in [6.07, 6.45) is 7.38. The van der Waals surface area contributed by atoms with E-state index in [-0.39, 0.29) is 39.9 Å². The minimum absolute atomic E-state index is 0.0861. The van der Waals surface area contributed by atoms with Gasteiger partial charge in [0.25, 0.3) is 0 Å². The smallest absolute Gasteiger partial charge is 0.126 e. The van der Waals surface area contributed by atoms with Crippen LogP contribution in [-0.4, -0.2) is 30.2 Å². The third kappa shape index (κ3) is 9.07. The van der Waals surface area contributed by atoms with E-state index in [9.17, 15) is 0 Å². The molecule has 0 bridgehead atoms. The van der Waals surface area contributed by atoms with Crippen molar-refractivity contribution < 1.29 is 9.47 Å². The fourth-order valence-corrected chi connectivity index (χ4v) is 16.0. The minimum Gasteiger partial charge on any atom is -0.496 e. The van der Waals surface area contributed by atoms with Gasteiger partial charge in [0.05, 0.1) is 14.2 Å². The molecule has 4 heteroatoms. The van der Waals surface area contributed by atoms with Crippen molar-refractivity contribution in [1.29, 1.82) is 0 Å². The van der Waals surface area contributed by atoms with Gasteiger partial charge in [-0.25, -0.2) is 0 Å². The summed E-state index contributed by atoms with van der Waals surface area (Å²) in [6.45, 7) is 45.3. The summed E-state index contributed by atoms with van der Waals surface area (Å²) in [4.78, 5) is 0. The molecule has 0 aliphatic heterocycles. The van der Waals surface area contributed by atoms with Gasteiger partial charge >= 0.3 is 0 Å². The van der Waals surface area contributed by atoms with E-state index in [1.165, 1.54) is 32.9 Å². The van der Waals surface area contributed by atoms with Gasteiger partial charge in [-0.3, -0.25) is 0 Å². The molecule has 2 atom stereocenters. The van der Waals surface area contributed by atoms with E-state index in [1.807, 2.05) is 14.2 Å². The lowest BCUT2D eigenvalue weighted by atomic mass is 9.79. The van der Waals surface area contributed by atoms with Crippen LogP contribution in [0.1, 0.15) is 154 Å². The molecule has 0 N–H and O–H groups in total. The van der Waals surface area contributed by atoms with E-state index < -0.39 is 7.92 Å². The molecule has 0 amide bonds. The first kappa shape index (κ1) is 41.8. The normalized spacial score (nSPS) is 17.2. The molecule has 0 saturated carbocycles. The van der Waals surface area contributed by atoms with Gasteiger partial charge in [-0.05, 0) is 85.7 Å². The van der Waals surface area contributed by atoms with E-state index in [4.69, 9.17) is 9.47 Å². The van der Waals surface area contributed by atoms with Crippen molar-refractivity contribution in [1.82, 2.24) is 0 Å². The Hall–Kier alpha value is -1.62. The number of ether oxygens (including phenoxy) is 2. The number of rotatable bonds is 7. The SMILES string of the molecule is COc1c(C(C)(C)C)cc(P(C2=CC=CC2[C@@H](C)P(C(C)(C)C)C(C)(C)C)c2cc(C(C)(C)C)c(OC)c(C(C)(C)C)c2)cc1C(C)(C)C. The summed E-state index contributed by atoms with van der Waals surface area (Å²) in [5, 5.41) is 4.86. The summed E-state index contributed by atoms with van der Waals surface area (Å²) in [5.74, 6) is 2.44. The van der Waals surface area contributed by atoms with Crippen molar-refractivity contribution in [2.75, 3.05) is 14.2 Å². The second kappa shape index (κ2) is 14.1. The molecule has 49 heavy (non-hydrogen) atoms. The monoisotopic (exact) mass is 707 g/mol. The topological polar surface area (TPSA) is 18.5 Å². The first-order valence-corrected chi connectivity index (χ1v) is 21.2. The predicted molar refractivity (Wildman–Crippen MR) is 224 cm³/mol. The van der Waals surface area contributed by atoms with Crippen LogP contribution in [0.2, 0.25) is 0 Å². The summed E-state index contributed by atoms with van der Waals surface area (Å²) >= 11 is 0. The van der Waals surface area contributed by atoms with Crippen LogP contribution in [-0.2, 0) is 21.7 Å². The lowest BCUT2D eigenvalue weighted by molar-refractivity contribution is 0.381. The maximum absolute atomic E-state index is 6.29. The second-order valence-corrected chi connectivity index (χ2v) is 26.9. The third-order valence-electron chi connectivity index (χ3n) is 9.86. The van der Waals surface area contributed by atoms with E-state index in [0.29, 0.717) is 11.6 Å². The Kier molecular flexibility index (Phi) is 12.0. The summed E-state index contributed by atoms with van der Waals surface area (Å²) < 4.78 is 12.6. The van der Waals surface area contributed by atoms with Gasteiger partial charge in [0, 0.05) is 28.2 Å². The molecule has 0 heterocycles. The zero-order chi connectivity index (χ0) is 37.9. The summed E-state index contributed by atoms with van der Waals surface area (Å²) in [7, 11) is 2.44. The molecule has 0 spiro atoms. The first-order chi connectivity index (χ1) is 22.0. The molecule has 2 aromatic rings. The van der Waals surface area contributed by atoms with Gasteiger partial charge < -0.3 is 9.47 Å². The molecule has 1 unspecified atom stereocenters. The Balaban J connectivity index is 2.58. The molecular formula is C45H72O2P2. The molecule has 2 aromatic carbocycles. The molecule has 2 nitrogen and oxygen atoms in total. The highest BCUT2D eigenvalue weighted by atomic mass is 31.1. The van der Waals surface area contributed by atoms with Gasteiger partial charge in [-0.1, -0.05) is 158 Å². The Morgan fingerprint density at radius 1 is 0.531 bits per heavy atom. The Morgan fingerprint density at radius 3 is 1.08 bits per heavy atom. The second-order valence-electron chi connectivity index (χ2n) is 20.4. The molecule has 1 aliphatic carbocycles. The third-order valence-corrected chi connectivity index (χ3v) is 16.4. The van der Waals surface area contributed by atoms with Crippen molar-refractivity contribution in [2.24, 2.45) is 5.92 Å². The molecule has 0 saturated heterocycles. The van der Waals surface area contributed by atoms with Gasteiger partial charge in [0.2, 0.25) is 0 Å². The van der Waals surface area contributed by atoms with Crippen LogP contribution in [0.3, 0.4) is 0 Å². The molecule has 0 radical (unpaired) electrons. The van der Waals surface area contributed by atoms with E-state index in [0.717, 1.165) is 11.5 Å². The standard InChI is InChI=1S/C45H72O2P2/c1-29(49(44(14,15)16)45(17,18)19)32-23-22-24-37(32)48(30-25-33(40(2,3)4)38(46-20)34(26-30)41(5,6)7)31-27-35(42(8,9)10)39(47-21)36(28-31)43(11,12)13/h22-29,32H,1-21H3/t29-,32?/m1/s1. The highest BCUT2D eigenvalue weighted by Gasteiger charge is 2.44. The lowest BCUT2D eigenvalue weighted by Gasteiger charge is -2.48. The molecule has 0 aromatic heterocycles. The van der Waals surface area contributed by atoms with Crippen LogP contribution in [0.25, 0.3) is 0 Å². The van der Waals surface area contributed by atoms with E-state index >= 15 is 0 Å². The van der Waals surface area contributed by atoms with Gasteiger partial charge in [0.15, 0.2) is 0 Å². The van der Waals surface area contributed by atoms with Crippen molar-refractivity contribution in [2.45, 2.75) is 169 Å². The maximum atomic E-state index is 6.29. The van der Waals surface area contributed by atoms with Crippen LogP contribution in [0.4, 0.5) is 0 Å². The molecule has 3 rings (SSSR count). The van der Waals surface area contributed by atoms with E-state index in [1.54, 1.807) is 5.31 Å². The average molecular weight is 707 g/mol. The predicted octanol–water partition coefficient (Wildman–Crippen LogP) is 12.9. The lowest BCUT2D eigenvalue weighted by Crippen LogP contribution is -2.34. The highest BCUT2D eigenvalue weighted by Crippen LogP contribution is 2.67. The van der Waals surface area contributed by atoms with Crippen LogP contribution in [0, 0.1) is 5.92 Å². The van der Waals surface area contributed by atoms with Crippen molar-refractivity contribution >= 4 is 26.5 Å². The number of benzene rings is 2. The Bertz CT molecular complexity index is 1380. The fraction of sp³-hybridized carbons (Fsp3) is 0.644. The highest BCUT2D eigenvalue weighted by molar-refractivity contribution is 7.77. The van der Waals surface area contributed by atoms with Crippen LogP contribution in [0.5, 0.6) is 11.5 Å². The largest absolute Gasteiger partial charge is 0.496 e. The molecular weight excluding hydrogens is 634 g/mol. The Morgan fingerprint density at radius 2 is 0.837 bits per heavy atom. The zero-order valence-corrected chi connectivity index (χ0v) is 37.2. The van der Waals surface area contributed by atoms with Gasteiger partial charge in [-0.2, -0.15) is 0 Å².